The fourth-order valence-electron chi connectivity index (χ4n) is 1.60. The first kappa shape index (κ1) is 14.2. The van der Waals surface area contributed by atoms with E-state index in [0.29, 0.717) is 11.6 Å². The van der Waals surface area contributed by atoms with E-state index in [4.69, 9.17) is 5.73 Å². The molecule has 0 atom stereocenters. The quantitative estimate of drug-likeness (QED) is 0.884. The monoisotopic (exact) mass is 278 g/mol. The number of nitrogens with zero attached hydrogens (tertiary/aromatic N) is 2. The summed E-state index contributed by atoms with van der Waals surface area (Å²) in [5, 5.41) is 2.72. The molecule has 2 rings (SSSR count). The molecule has 6 heteroatoms. The van der Waals surface area contributed by atoms with Crippen molar-refractivity contribution < 1.29 is 8.78 Å². The zero-order chi connectivity index (χ0) is 14.9. The Bertz CT molecular complexity index is 636. The fraction of sp³-hybridized carbons (Fsp3) is 0.286. The second kappa shape index (κ2) is 5.03. The fourth-order valence-corrected chi connectivity index (χ4v) is 1.60. The van der Waals surface area contributed by atoms with Gasteiger partial charge < -0.3 is 11.1 Å². The van der Waals surface area contributed by atoms with Crippen LogP contribution < -0.4 is 11.1 Å². The molecule has 0 unspecified atom stereocenters. The van der Waals surface area contributed by atoms with Crippen molar-refractivity contribution in [1.82, 2.24) is 9.97 Å². The second-order valence-electron chi connectivity index (χ2n) is 5.48. The maximum absolute atomic E-state index is 13.6. The predicted octanol–water partition coefficient (Wildman–Crippen LogP) is 3.38. The molecule has 0 fully saturated rings. The minimum absolute atomic E-state index is 0.00274. The van der Waals surface area contributed by atoms with Gasteiger partial charge in [0.05, 0.1) is 5.69 Å². The predicted molar refractivity (Wildman–Crippen MR) is 74.8 cm³/mol. The second-order valence-corrected chi connectivity index (χ2v) is 5.48. The molecule has 2 aromatic rings. The molecule has 20 heavy (non-hydrogen) atoms. The van der Waals surface area contributed by atoms with Crippen LogP contribution in [-0.2, 0) is 5.41 Å². The van der Waals surface area contributed by atoms with Gasteiger partial charge in [0.15, 0.2) is 11.6 Å². The van der Waals surface area contributed by atoms with E-state index in [1.165, 1.54) is 18.2 Å². The summed E-state index contributed by atoms with van der Waals surface area (Å²) in [5.41, 5.74) is 5.42. The maximum atomic E-state index is 13.6. The number of rotatable bonds is 2. The third-order valence-electron chi connectivity index (χ3n) is 2.63. The van der Waals surface area contributed by atoms with Crippen LogP contribution >= 0.6 is 0 Å². The molecule has 0 saturated heterocycles. The van der Waals surface area contributed by atoms with E-state index >= 15 is 0 Å². The molecule has 106 valence electrons. The van der Waals surface area contributed by atoms with Crippen molar-refractivity contribution in [3.05, 3.63) is 41.7 Å². The molecule has 1 aromatic carbocycles. The summed E-state index contributed by atoms with van der Waals surface area (Å²) < 4.78 is 26.8. The summed E-state index contributed by atoms with van der Waals surface area (Å²) in [4.78, 5) is 8.43. The number of nitrogen functional groups attached to an aromatic ring is 1. The lowest BCUT2D eigenvalue weighted by atomic mass is 9.96. The van der Waals surface area contributed by atoms with Gasteiger partial charge >= 0.3 is 0 Å². The standard InChI is InChI=1S/C14H16F2N4/c1-14(2,3)13-19-10(17)7-11(20-13)18-9-6-4-5-8(15)12(9)16/h4-7H,1-3H3,(H3,17,18,19,20). The van der Waals surface area contributed by atoms with E-state index in [0.717, 1.165) is 6.07 Å². The van der Waals surface area contributed by atoms with Gasteiger partial charge in [-0.25, -0.2) is 18.7 Å². The molecule has 0 amide bonds. The topological polar surface area (TPSA) is 63.8 Å². The lowest BCUT2D eigenvalue weighted by Gasteiger charge is -2.18. The third kappa shape index (κ3) is 3.01. The summed E-state index contributed by atoms with van der Waals surface area (Å²) in [6.07, 6.45) is 0. The summed E-state index contributed by atoms with van der Waals surface area (Å²) in [5.74, 6) is -0.761. The number of nitrogens with two attached hydrogens (primary N) is 1. The van der Waals surface area contributed by atoms with Crippen molar-refractivity contribution >= 4 is 17.3 Å². The number of anilines is 3. The highest BCUT2D eigenvalue weighted by molar-refractivity contribution is 5.59. The smallest absolute Gasteiger partial charge is 0.182 e. The minimum Gasteiger partial charge on any atom is -0.384 e. The van der Waals surface area contributed by atoms with Crippen LogP contribution in [0.1, 0.15) is 26.6 Å². The Kier molecular flexibility index (Phi) is 3.57. The maximum Gasteiger partial charge on any atom is 0.182 e. The van der Waals surface area contributed by atoms with Gasteiger partial charge in [-0.15, -0.1) is 0 Å². The van der Waals surface area contributed by atoms with Crippen LogP contribution in [0.25, 0.3) is 0 Å². The first-order valence-corrected chi connectivity index (χ1v) is 6.13. The average Bonchev–Trinajstić information content (AvgIpc) is 2.33. The molecule has 0 saturated carbocycles. The molecule has 1 heterocycles. The van der Waals surface area contributed by atoms with Crippen LogP contribution in [-0.4, -0.2) is 9.97 Å². The lowest BCUT2D eigenvalue weighted by molar-refractivity contribution is 0.511. The Morgan fingerprint density at radius 2 is 1.85 bits per heavy atom. The number of hydrogen-bond acceptors (Lipinski definition) is 4. The number of nitrogens with one attached hydrogen (secondary N) is 1. The van der Waals surface area contributed by atoms with Crippen LogP contribution in [0.5, 0.6) is 0 Å². The molecule has 0 aliphatic heterocycles. The minimum atomic E-state index is -0.956. The Morgan fingerprint density at radius 1 is 1.15 bits per heavy atom. The number of hydrogen-bond donors (Lipinski definition) is 2. The van der Waals surface area contributed by atoms with Gasteiger partial charge in [-0.1, -0.05) is 26.8 Å². The van der Waals surface area contributed by atoms with Crippen LogP contribution in [0.4, 0.5) is 26.1 Å². The van der Waals surface area contributed by atoms with Gasteiger partial charge in [0.2, 0.25) is 0 Å². The number of halogens is 2. The summed E-state index contributed by atoms with van der Waals surface area (Å²) >= 11 is 0. The molecule has 4 nitrogen and oxygen atoms in total. The summed E-state index contributed by atoms with van der Waals surface area (Å²) in [6, 6.07) is 5.36. The van der Waals surface area contributed by atoms with E-state index in [2.05, 4.69) is 15.3 Å². The highest BCUT2D eigenvalue weighted by Gasteiger charge is 2.19. The zero-order valence-electron chi connectivity index (χ0n) is 11.5. The highest BCUT2D eigenvalue weighted by Crippen LogP contribution is 2.24. The van der Waals surface area contributed by atoms with Crippen molar-refractivity contribution in [3.63, 3.8) is 0 Å². The Labute approximate surface area is 116 Å². The molecule has 0 radical (unpaired) electrons. The van der Waals surface area contributed by atoms with Gasteiger partial charge in [0, 0.05) is 11.5 Å². The van der Waals surface area contributed by atoms with Gasteiger partial charge in [-0.3, -0.25) is 0 Å². The van der Waals surface area contributed by atoms with Crippen molar-refractivity contribution in [1.29, 1.82) is 0 Å². The van der Waals surface area contributed by atoms with E-state index in [9.17, 15) is 8.78 Å². The normalized spacial score (nSPS) is 11.4. The zero-order valence-corrected chi connectivity index (χ0v) is 11.5. The Hall–Kier alpha value is -2.24. The molecule has 0 aliphatic carbocycles. The van der Waals surface area contributed by atoms with Crippen molar-refractivity contribution in [2.75, 3.05) is 11.1 Å². The van der Waals surface area contributed by atoms with Crippen molar-refractivity contribution in [3.8, 4) is 0 Å². The van der Waals surface area contributed by atoms with Crippen LogP contribution in [0.15, 0.2) is 24.3 Å². The molecule has 0 aliphatic rings. The van der Waals surface area contributed by atoms with E-state index in [1.54, 1.807) is 0 Å². The lowest BCUT2D eigenvalue weighted by Crippen LogP contribution is -2.17. The molecular formula is C14H16F2N4. The molecular weight excluding hydrogens is 262 g/mol. The number of benzene rings is 1. The van der Waals surface area contributed by atoms with E-state index in [1.807, 2.05) is 20.8 Å². The highest BCUT2D eigenvalue weighted by atomic mass is 19.2. The Morgan fingerprint density at radius 3 is 2.50 bits per heavy atom. The summed E-state index contributed by atoms with van der Waals surface area (Å²) in [7, 11) is 0. The van der Waals surface area contributed by atoms with Gasteiger partial charge in [0.25, 0.3) is 0 Å². The van der Waals surface area contributed by atoms with E-state index in [-0.39, 0.29) is 16.9 Å². The molecule has 0 spiro atoms. The van der Waals surface area contributed by atoms with Crippen LogP contribution in [0.3, 0.4) is 0 Å². The van der Waals surface area contributed by atoms with Crippen LogP contribution in [0.2, 0.25) is 0 Å². The first-order valence-electron chi connectivity index (χ1n) is 6.13. The van der Waals surface area contributed by atoms with E-state index < -0.39 is 11.6 Å². The molecule has 1 aromatic heterocycles. The largest absolute Gasteiger partial charge is 0.384 e. The van der Waals surface area contributed by atoms with Crippen LogP contribution in [0, 0.1) is 11.6 Å². The van der Waals surface area contributed by atoms with Gasteiger partial charge in [-0.05, 0) is 12.1 Å². The van der Waals surface area contributed by atoms with Crippen molar-refractivity contribution in [2.45, 2.75) is 26.2 Å². The first-order chi connectivity index (χ1) is 9.27. The Balaban J connectivity index is 2.39. The SMILES string of the molecule is CC(C)(C)c1nc(N)cc(Nc2cccc(F)c2F)n1. The van der Waals surface area contributed by atoms with Gasteiger partial charge in [-0.2, -0.15) is 0 Å². The summed E-state index contributed by atoms with van der Waals surface area (Å²) in [6.45, 7) is 5.82. The van der Waals surface area contributed by atoms with Gasteiger partial charge in [0.1, 0.15) is 17.5 Å². The third-order valence-corrected chi connectivity index (χ3v) is 2.63. The average molecular weight is 278 g/mol. The number of aromatic nitrogens is 2. The van der Waals surface area contributed by atoms with Crippen molar-refractivity contribution in [2.24, 2.45) is 0 Å². The molecule has 3 N–H and O–H groups in total. The molecule has 0 bridgehead atoms.